The monoisotopic (exact) mass is 1860 g/mol. The van der Waals surface area contributed by atoms with Gasteiger partial charge in [-0.1, -0.05) is 394 Å². The maximum atomic E-state index is 5.16. The summed E-state index contributed by atoms with van der Waals surface area (Å²) in [5, 5.41) is 38.4. The van der Waals surface area contributed by atoms with Crippen LogP contribution in [0, 0.1) is 0 Å². The Balaban J connectivity index is 0.0000000972. The van der Waals surface area contributed by atoms with Crippen molar-refractivity contribution in [3.63, 3.8) is 0 Å². The molecule has 0 aliphatic rings. The zero-order valence-corrected chi connectivity index (χ0v) is 78.2. The van der Waals surface area contributed by atoms with E-state index in [1.165, 1.54) is 16.2 Å². The Hall–Kier alpha value is -20.0. The van der Waals surface area contributed by atoms with Gasteiger partial charge in [0.05, 0.1) is 99.7 Å². The molecule has 16 heteroatoms. The van der Waals surface area contributed by atoms with Gasteiger partial charge in [0.15, 0.2) is 5.82 Å². The van der Waals surface area contributed by atoms with Crippen molar-refractivity contribution in [1.29, 1.82) is 0 Å². The molecule has 0 saturated heterocycles. The molecular weight excluding hydrogens is 1770 g/mol. The summed E-state index contributed by atoms with van der Waals surface area (Å²) >= 11 is 0. The molecule has 14 aromatic heterocycles. The van der Waals surface area contributed by atoms with Crippen LogP contribution < -0.4 is 0 Å². The molecule has 30 rings (SSSR count). The third kappa shape index (κ3) is 15.1. The van der Waals surface area contributed by atoms with Crippen LogP contribution in [0.5, 0.6) is 0 Å². The predicted octanol–water partition coefficient (Wildman–Crippen LogP) is 31.2. The van der Waals surface area contributed by atoms with Gasteiger partial charge in [0.1, 0.15) is 28.6 Å². The minimum atomic E-state index is 0.807. The maximum absolute atomic E-state index is 5.16. The van der Waals surface area contributed by atoms with Gasteiger partial charge in [0, 0.05) is 111 Å². The third-order valence-electron chi connectivity index (χ3n) is 27.5. The SMILES string of the molecule is c1ccc(-c2cc3c4ccccc4nc(-c4ccc(-c5c(-c6ccccc6)nn6c5ccc5ccccc56)cc4)n3n2)cc1.c1ccc(-c2nn3c(ccc4ccccc43)c2-c2ccc(-n3c(-c4ccccc4)nc4ccccc43)cc2)cc1.c1ccc(-c2nn3c(ccc4ccccc43)c2-c2ccc3c4ccccc4nn3c2)cc1.c1ccc(-c2nn3c(ccc4ccccc43)c2-c2ccc3ccccc3n2)cc1. The Bertz CT molecular complexity index is 10200. The van der Waals surface area contributed by atoms with Crippen molar-refractivity contribution >= 4 is 120 Å². The van der Waals surface area contributed by atoms with Gasteiger partial charge in [0.25, 0.3) is 0 Å². The van der Waals surface area contributed by atoms with Crippen molar-refractivity contribution in [3.8, 4) is 129 Å². The van der Waals surface area contributed by atoms with E-state index >= 15 is 0 Å². The lowest BCUT2D eigenvalue weighted by Crippen LogP contribution is -1.99. The summed E-state index contributed by atoms with van der Waals surface area (Å²) in [6.07, 6.45) is 2.12. The second kappa shape index (κ2) is 35.8. The molecule has 0 amide bonds. The lowest BCUT2D eigenvalue weighted by Gasteiger charge is -2.11. The standard InChI is InChI=1S/C39H25N5.C36H24N4.C28H18N4.C26H17N3/c1-3-11-26(12-4-1)33-25-36-31-16-8-9-17-32(31)40-39(44(36)41-33)30-21-19-28(20-22-30)37-35-24-23-27-13-7-10-18-34(27)43(35)42-38(37)29-14-5-2-6-15-29;1-3-12-27(13-4-1)35-34(33-24-21-25-11-7-9-17-31(25)40(33)38-35)26-19-22-29(23-20-26)39-32-18-10-8-16-30(32)37-36(39)28-14-5-2-6-15-28;1-2-9-20(10-3-1)28-27(26-17-14-19-8-4-7-13-24(19)32(26)30-28)21-15-16-25-22-11-5-6-12-23(22)29-31(25)18-21;1-2-10-20(11-3-1)26-25(22-16-14-18-8-4-6-12-21(18)27-22)24-17-15-19-9-5-7-13-23(19)29(24)28-26/h1-25H;1-24H;1-18H;1-17H. The van der Waals surface area contributed by atoms with Gasteiger partial charge >= 0.3 is 0 Å². The van der Waals surface area contributed by atoms with E-state index < -0.39 is 0 Å². The van der Waals surface area contributed by atoms with Gasteiger partial charge in [-0.3, -0.25) is 4.57 Å². The van der Waals surface area contributed by atoms with E-state index in [-0.39, 0.29) is 0 Å². The van der Waals surface area contributed by atoms with Gasteiger partial charge in [0.2, 0.25) is 0 Å². The minimum Gasteiger partial charge on any atom is -0.292 e. The zero-order valence-electron chi connectivity index (χ0n) is 78.2. The summed E-state index contributed by atoms with van der Waals surface area (Å²) < 4.78 is 14.5. The fourth-order valence-corrected chi connectivity index (χ4v) is 20.6. The Kier molecular flexibility index (Phi) is 20.8. The molecule has 0 unspecified atom stereocenters. The van der Waals surface area contributed by atoms with Crippen LogP contribution in [0.4, 0.5) is 0 Å². The number of aromatic nitrogens is 16. The zero-order chi connectivity index (χ0) is 95.8. The summed E-state index contributed by atoms with van der Waals surface area (Å²) in [5.41, 5.74) is 37.8. The topological polar surface area (TPSA) is 147 Å². The van der Waals surface area contributed by atoms with Crippen molar-refractivity contribution in [1.82, 2.24) is 77.2 Å². The van der Waals surface area contributed by atoms with E-state index in [1.54, 1.807) is 0 Å². The Morgan fingerprint density at radius 2 is 0.490 bits per heavy atom. The van der Waals surface area contributed by atoms with E-state index in [0.29, 0.717) is 0 Å². The Labute approximate surface area is 831 Å². The van der Waals surface area contributed by atoms with E-state index in [4.69, 9.17) is 45.5 Å². The van der Waals surface area contributed by atoms with Crippen LogP contribution in [-0.4, -0.2) is 77.2 Å². The number of nitrogens with zero attached hydrogens (tertiary/aromatic N) is 16. The van der Waals surface area contributed by atoms with Crippen LogP contribution in [0.2, 0.25) is 0 Å². The number of rotatable bonds is 12. The van der Waals surface area contributed by atoms with Gasteiger partial charge in [-0.05, 0) is 120 Å². The average Bonchev–Trinajstić information content (AvgIpc) is 1.61. The van der Waals surface area contributed by atoms with Crippen LogP contribution in [0.15, 0.2) is 510 Å². The molecule has 0 aliphatic heterocycles. The van der Waals surface area contributed by atoms with E-state index in [2.05, 4.69) is 449 Å². The smallest absolute Gasteiger partial charge is 0.161 e. The largest absolute Gasteiger partial charge is 0.292 e. The quantitative estimate of drug-likeness (QED) is 0.117. The number of hydrogen-bond acceptors (Lipinski definition) is 9. The van der Waals surface area contributed by atoms with Crippen molar-refractivity contribution in [2.75, 3.05) is 0 Å². The van der Waals surface area contributed by atoms with Crippen molar-refractivity contribution < 1.29 is 0 Å². The highest BCUT2D eigenvalue weighted by Gasteiger charge is 2.27. The van der Waals surface area contributed by atoms with Crippen LogP contribution >= 0.6 is 0 Å². The van der Waals surface area contributed by atoms with Crippen LogP contribution in [-0.2, 0) is 0 Å². The Morgan fingerprint density at radius 3 is 0.972 bits per heavy atom. The van der Waals surface area contributed by atoms with Gasteiger partial charge in [-0.25, -0.2) is 42.0 Å². The third-order valence-corrected chi connectivity index (χ3v) is 27.5. The number of hydrogen-bond donors (Lipinski definition) is 0. The van der Waals surface area contributed by atoms with Crippen molar-refractivity contribution in [3.05, 3.63) is 510 Å². The van der Waals surface area contributed by atoms with Crippen LogP contribution in [0.25, 0.3) is 250 Å². The van der Waals surface area contributed by atoms with Crippen LogP contribution in [0.1, 0.15) is 0 Å². The summed E-state index contributed by atoms with van der Waals surface area (Å²) in [7, 11) is 0. The predicted molar refractivity (Wildman–Crippen MR) is 591 cm³/mol. The summed E-state index contributed by atoms with van der Waals surface area (Å²) in [4.78, 5) is 15.1. The van der Waals surface area contributed by atoms with Gasteiger partial charge < -0.3 is 0 Å². The second-order valence-corrected chi connectivity index (χ2v) is 36.2. The van der Waals surface area contributed by atoms with Gasteiger partial charge in [-0.2, -0.15) is 30.6 Å². The fourth-order valence-electron chi connectivity index (χ4n) is 20.6. The molecule has 14 heterocycles. The number of benzene rings is 16. The minimum absolute atomic E-state index is 0.807. The highest BCUT2D eigenvalue weighted by atomic mass is 15.3. The summed E-state index contributed by atoms with van der Waals surface area (Å²) in [5.74, 6) is 1.74. The van der Waals surface area contributed by atoms with E-state index in [1.807, 2.05) is 92.4 Å². The molecule has 0 N–H and O–H groups in total. The number of imidazole rings is 1. The molecule has 680 valence electrons. The summed E-state index contributed by atoms with van der Waals surface area (Å²) in [6, 6.07) is 174. The number of pyridine rings is 6. The molecule has 16 nitrogen and oxygen atoms in total. The number of fused-ring (bicyclic) bond motifs is 20. The molecule has 145 heavy (non-hydrogen) atoms. The first-order valence-electron chi connectivity index (χ1n) is 48.6. The van der Waals surface area contributed by atoms with Gasteiger partial charge in [-0.15, -0.1) is 0 Å². The fraction of sp³-hybridized carbons (Fsp3) is 0. The molecule has 0 fully saturated rings. The highest BCUT2D eigenvalue weighted by Crippen LogP contribution is 2.45. The van der Waals surface area contributed by atoms with Crippen LogP contribution in [0.3, 0.4) is 0 Å². The van der Waals surface area contributed by atoms with E-state index in [9.17, 15) is 0 Å². The van der Waals surface area contributed by atoms with Crippen molar-refractivity contribution in [2.24, 2.45) is 0 Å². The van der Waals surface area contributed by atoms with Crippen molar-refractivity contribution in [2.45, 2.75) is 0 Å². The normalized spacial score (nSPS) is 11.6. The lowest BCUT2D eigenvalue weighted by atomic mass is 9.98. The number of para-hydroxylation sites is 8. The highest BCUT2D eigenvalue weighted by molar-refractivity contribution is 6.04. The first-order chi connectivity index (χ1) is 71.9. The average molecular weight is 1860 g/mol. The molecular formula is C129H84N16. The molecule has 0 bridgehead atoms. The lowest BCUT2D eigenvalue weighted by molar-refractivity contribution is 0.949. The Morgan fingerprint density at radius 1 is 0.159 bits per heavy atom. The maximum Gasteiger partial charge on any atom is 0.161 e. The molecule has 0 atom stereocenters. The van der Waals surface area contributed by atoms with E-state index in [0.717, 1.165) is 234 Å². The molecule has 0 radical (unpaired) electrons. The molecule has 0 spiro atoms. The molecule has 0 saturated carbocycles. The molecule has 16 aromatic carbocycles. The first kappa shape index (κ1) is 84.3. The first-order valence-corrected chi connectivity index (χ1v) is 48.6. The molecule has 0 aliphatic carbocycles. The summed E-state index contributed by atoms with van der Waals surface area (Å²) in [6.45, 7) is 0. The molecule has 30 aromatic rings. The second-order valence-electron chi connectivity index (χ2n) is 36.2.